The summed E-state index contributed by atoms with van der Waals surface area (Å²) in [7, 11) is 0. The standard InChI is InChI=1S/C20H36O4/c1-14(2)15(3)23-18(21)12-9-13-19(22)24-17-11-8-7-10-16(17)20(4,5)6/h14-17H,7-13H2,1-6H3. The van der Waals surface area contributed by atoms with Crippen molar-refractivity contribution in [3.63, 3.8) is 0 Å². The van der Waals surface area contributed by atoms with Crippen LogP contribution in [0.4, 0.5) is 0 Å². The summed E-state index contributed by atoms with van der Waals surface area (Å²) in [6.07, 6.45) is 5.44. The quantitative estimate of drug-likeness (QED) is 0.619. The molecular formula is C20H36O4. The van der Waals surface area contributed by atoms with Crippen molar-refractivity contribution in [3.8, 4) is 0 Å². The van der Waals surface area contributed by atoms with Gasteiger partial charge in [0, 0.05) is 18.8 Å². The van der Waals surface area contributed by atoms with E-state index in [1.165, 1.54) is 6.42 Å². The van der Waals surface area contributed by atoms with Gasteiger partial charge < -0.3 is 9.47 Å². The van der Waals surface area contributed by atoms with E-state index in [0.717, 1.165) is 19.3 Å². The summed E-state index contributed by atoms with van der Waals surface area (Å²) in [5.41, 5.74) is 0.155. The van der Waals surface area contributed by atoms with E-state index in [2.05, 4.69) is 20.8 Å². The second-order valence-electron chi connectivity index (χ2n) is 8.58. The molecule has 1 fully saturated rings. The topological polar surface area (TPSA) is 52.6 Å². The van der Waals surface area contributed by atoms with E-state index in [4.69, 9.17) is 9.47 Å². The van der Waals surface area contributed by atoms with Crippen LogP contribution >= 0.6 is 0 Å². The van der Waals surface area contributed by atoms with Crippen LogP contribution in [-0.4, -0.2) is 24.1 Å². The van der Waals surface area contributed by atoms with Gasteiger partial charge in [0.2, 0.25) is 0 Å². The van der Waals surface area contributed by atoms with Crippen LogP contribution in [0.15, 0.2) is 0 Å². The molecule has 0 aromatic heterocycles. The molecule has 1 aliphatic rings. The van der Waals surface area contributed by atoms with Crippen molar-refractivity contribution in [2.75, 3.05) is 0 Å². The predicted molar refractivity (Wildman–Crippen MR) is 95.5 cm³/mol. The highest BCUT2D eigenvalue weighted by atomic mass is 16.5. The van der Waals surface area contributed by atoms with Crippen LogP contribution in [0.25, 0.3) is 0 Å². The average molecular weight is 341 g/mol. The van der Waals surface area contributed by atoms with Gasteiger partial charge in [-0.1, -0.05) is 41.0 Å². The number of rotatable bonds is 7. The van der Waals surface area contributed by atoms with Gasteiger partial charge >= 0.3 is 11.9 Å². The Balaban J connectivity index is 2.34. The Labute approximate surface area is 147 Å². The lowest BCUT2D eigenvalue weighted by Crippen LogP contribution is -2.38. The van der Waals surface area contributed by atoms with Crippen molar-refractivity contribution in [1.82, 2.24) is 0 Å². The molecule has 0 radical (unpaired) electrons. The van der Waals surface area contributed by atoms with Crippen molar-refractivity contribution in [2.24, 2.45) is 17.3 Å². The highest BCUT2D eigenvalue weighted by Gasteiger charge is 2.36. The fourth-order valence-electron chi connectivity index (χ4n) is 3.24. The third-order valence-corrected chi connectivity index (χ3v) is 5.12. The first-order chi connectivity index (χ1) is 11.1. The molecule has 0 bridgehead atoms. The molecule has 4 nitrogen and oxygen atoms in total. The maximum absolute atomic E-state index is 12.1. The molecule has 0 spiro atoms. The fraction of sp³-hybridized carbons (Fsp3) is 0.900. The first-order valence-corrected chi connectivity index (χ1v) is 9.50. The highest BCUT2D eigenvalue weighted by Crippen LogP contribution is 2.39. The number of hydrogen-bond donors (Lipinski definition) is 0. The SMILES string of the molecule is CC(C)C(C)OC(=O)CCCC(=O)OC1CCCCC1C(C)(C)C. The van der Waals surface area contributed by atoms with Crippen molar-refractivity contribution in [3.05, 3.63) is 0 Å². The zero-order valence-corrected chi connectivity index (χ0v) is 16.4. The maximum Gasteiger partial charge on any atom is 0.306 e. The van der Waals surface area contributed by atoms with Crippen LogP contribution in [0.2, 0.25) is 0 Å². The van der Waals surface area contributed by atoms with Crippen LogP contribution < -0.4 is 0 Å². The lowest BCUT2D eigenvalue weighted by atomic mass is 9.70. The molecule has 0 aromatic rings. The lowest BCUT2D eigenvalue weighted by molar-refractivity contribution is -0.157. The van der Waals surface area contributed by atoms with E-state index in [9.17, 15) is 9.59 Å². The molecule has 3 atom stereocenters. The van der Waals surface area contributed by atoms with Gasteiger partial charge in [-0.2, -0.15) is 0 Å². The Kier molecular flexibility index (Phi) is 8.24. The average Bonchev–Trinajstić information content (AvgIpc) is 2.46. The Hall–Kier alpha value is -1.06. The Bertz CT molecular complexity index is 408. The fourth-order valence-corrected chi connectivity index (χ4v) is 3.24. The molecule has 0 heterocycles. The van der Waals surface area contributed by atoms with Crippen molar-refractivity contribution in [2.45, 2.75) is 98.7 Å². The van der Waals surface area contributed by atoms with Gasteiger partial charge in [-0.05, 0) is 43.9 Å². The minimum absolute atomic E-state index is 0.0270. The van der Waals surface area contributed by atoms with Gasteiger partial charge in [-0.3, -0.25) is 9.59 Å². The maximum atomic E-state index is 12.1. The first kappa shape index (κ1) is 21.0. The smallest absolute Gasteiger partial charge is 0.306 e. The lowest BCUT2D eigenvalue weighted by Gasteiger charge is -2.39. The van der Waals surface area contributed by atoms with Crippen molar-refractivity contribution in [1.29, 1.82) is 0 Å². The predicted octanol–water partition coefficient (Wildman–Crippen LogP) is 4.89. The van der Waals surface area contributed by atoms with Gasteiger partial charge in [-0.15, -0.1) is 0 Å². The second kappa shape index (κ2) is 9.43. The van der Waals surface area contributed by atoms with Gasteiger partial charge in [0.25, 0.3) is 0 Å². The van der Waals surface area contributed by atoms with E-state index >= 15 is 0 Å². The van der Waals surface area contributed by atoms with Gasteiger partial charge in [0.15, 0.2) is 0 Å². The molecule has 1 aliphatic carbocycles. The van der Waals surface area contributed by atoms with Crippen LogP contribution in [0.5, 0.6) is 0 Å². The number of esters is 2. The zero-order valence-electron chi connectivity index (χ0n) is 16.4. The molecule has 0 N–H and O–H groups in total. The molecule has 24 heavy (non-hydrogen) atoms. The van der Waals surface area contributed by atoms with Gasteiger partial charge in [0.1, 0.15) is 12.2 Å². The minimum Gasteiger partial charge on any atom is -0.462 e. The van der Waals surface area contributed by atoms with E-state index in [1.54, 1.807) is 0 Å². The third-order valence-electron chi connectivity index (χ3n) is 5.12. The monoisotopic (exact) mass is 340 g/mol. The molecule has 1 rings (SSSR count). The number of carbonyl (C=O) groups excluding carboxylic acids is 2. The van der Waals surface area contributed by atoms with Crippen LogP contribution in [0.1, 0.15) is 86.5 Å². The van der Waals surface area contributed by atoms with E-state index in [1.807, 2.05) is 20.8 Å². The molecule has 3 unspecified atom stereocenters. The zero-order chi connectivity index (χ0) is 18.3. The van der Waals surface area contributed by atoms with Crippen molar-refractivity contribution < 1.29 is 19.1 Å². The Morgan fingerprint density at radius 1 is 1.00 bits per heavy atom. The normalized spacial score (nSPS) is 23.0. The summed E-state index contributed by atoms with van der Waals surface area (Å²) in [5.74, 6) is 0.321. The van der Waals surface area contributed by atoms with Gasteiger partial charge in [0.05, 0.1) is 0 Å². The molecule has 0 aliphatic heterocycles. The minimum atomic E-state index is -0.228. The molecule has 0 saturated heterocycles. The molecule has 0 amide bonds. The third kappa shape index (κ3) is 7.23. The molecular weight excluding hydrogens is 304 g/mol. The Morgan fingerprint density at radius 2 is 1.58 bits per heavy atom. The molecule has 0 aromatic carbocycles. The van der Waals surface area contributed by atoms with E-state index < -0.39 is 0 Å². The number of hydrogen-bond acceptors (Lipinski definition) is 4. The Morgan fingerprint density at radius 3 is 2.17 bits per heavy atom. The summed E-state index contributed by atoms with van der Waals surface area (Å²) in [6.45, 7) is 12.6. The summed E-state index contributed by atoms with van der Waals surface area (Å²) in [4.78, 5) is 23.9. The molecule has 140 valence electrons. The van der Waals surface area contributed by atoms with E-state index in [-0.39, 0.29) is 36.0 Å². The second-order valence-corrected chi connectivity index (χ2v) is 8.58. The van der Waals surface area contributed by atoms with Crippen molar-refractivity contribution >= 4 is 11.9 Å². The van der Waals surface area contributed by atoms with Crippen LogP contribution in [-0.2, 0) is 19.1 Å². The summed E-state index contributed by atoms with van der Waals surface area (Å²) in [5, 5.41) is 0. The molecule has 4 heteroatoms. The summed E-state index contributed by atoms with van der Waals surface area (Å²) >= 11 is 0. The van der Waals surface area contributed by atoms with Crippen LogP contribution in [0, 0.1) is 17.3 Å². The van der Waals surface area contributed by atoms with E-state index in [0.29, 0.717) is 24.7 Å². The van der Waals surface area contributed by atoms with Gasteiger partial charge in [-0.25, -0.2) is 0 Å². The largest absolute Gasteiger partial charge is 0.462 e. The van der Waals surface area contributed by atoms with Crippen LogP contribution in [0.3, 0.4) is 0 Å². The number of carbonyl (C=O) groups is 2. The first-order valence-electron chi connectivity index (χ1n) is 9.50. The number of ether oxygens (including phenoxy) is 2. The molecule has 1 saturated carbocycles. The highest BCUT2D eigenvalue weighted by molar-refractivity contribution is 5.72. The summed E-state index contributed by atoms with van der Waals surface area (Å²) in [6, 6.07) is 0. The summed E-state index contributed by atoms with van der Waals surface area (Å²) < 4.78 is 11.1.